The standard InChI is InChI=1S/C49H32N4/c1-3-12-33(13-4-1)34-22-24-35(25-23-34)36-26-28-39(29-27-36)48-50-47(38-15-5-2-6-16-38)51-49(52-48)40-30-31-43-42-19-9-10-20-45(42)53(46(43)32-40)44-21-11-17-37-14-7-8-18-41(37)44/h1-32H. The Hall–Kier alpha value is -7.17. The molecule has 0 radical (unpaired) electrons. The molecule has 2 aromatic heterocycles. The van der Waals surface area contributed by atoms with E-state index in [1.165, 1.54) is 32.7 Å². The van der Waals surface area contributed by atoms with Crippen molar-refractivity contribution in [3.63, 3.8) is 0 Å². The zero-order valence-electron chi connectivity index (χ0n) is 28.8. The summed E-state index contributed by atoms with van der Waals surface area (Å²) in [6, 6.07) is 68.1. The van der Waals surface area contributed by atoms with Gasteiger partial charge < -0.3 is 4.57 Å². The molecule has 0 fully saturated rings. The SMILES string of the molecule is c1ccc(-c2ccc(-c3ccc(-c4nc(-c5ccccc5)nc(-c5ccc6c7ccccc7n(-c7cccc8ccccc78)c6c5)n4)cc3)cc2)cc1. The predicted octanol–water partition coefficient (Wildman–Crippen LogP) is 12.5. The van der Waals surface area contributed by atoms with Crippen molar-refractivity contribution in [3.8, 4) is 62.1 Å². The lowest BCUT2D eigenvalue weighted by Crippen LogP contribution is -2.00. The number of fused-ring (bicyclic) bond motifs is 4. The highest BCUT2D eigenvalue weighted by molar-refractivity contribution is 6.11. The minimum atomic E-state index is 0.631. The van der Waals surface area contributed by atoms with Crippen molar-refractivity contribution in [3.05, 3.63) is 194 Å². The first-order chi connectivity index (χ1) is 26.3. The maximum Gasteiger partial charge on any atom is 0.164 e. The fraction of sp³-hybridized carbons (Fsp3) is 0. The summed E-state index contributed by atoms with van der Waals surface area (Å²) in [4.78, 5) is 15.2. The first-order valence-electron chi connectivity index (χ1n) is 17.9. The maximum atomic E-state index is 5.13. The molecule has 0 saturated carbocycles. The minimum Gasteiger partial charge on any atom is -0.309 e. The summed E-state index contributed by atoms with van der Waals surface area (Å²) in [5, 5.41) is 4.80. The van der Waals surface area contributed by atoms with Gasteiger partial charge in [0.2, 0.25) is 0 Å². The van der Waals surface area contributed by atoms with E-state index in [0.29, 0.717) is 17.5 Å². The molecule has 0 bridgehead atoms. The lowest BCUT2D eigenvalue weighted by atomic mass is 9.99. The molecule has 0 aliphatic heterocycles. The Labute approximate surface area is 307 Å². The highest BCUT2D eigenvalue weighted by Gasteiger charge is 2.17. The van der Waals surface area contributed by atoms with Gasteiger partial charge in [-0.1, -0.05) is 176 Å². The van der Waals surface area contributed by atoms with Gasteiger partial charge in [0.1, 0.15) is 0 Å². The van der Waals surface area contributed by atoms with Crippen LogP contribution < -0.4 is 0 Å². The van der Waals surface area contributed by atoms with E-state index < -0.39 is 0 Å². The lowest BCUT2D eigenvalue weighted by molar-refractivity contribution is 1.07. The second kappa shape index (κ2) is 12.9. The molecule has 10 rings (SSSR count). The highest BCUT2D eigenvalue weighted by Crippen LogP contribution is 2.37. The second-order valence-corrected chi connectivity index (χ2v) is 13.3. The quantitative estimate of drug-likeness (QED) is 0.176. The van der Waals surface area contributed by atoms with Crippen molar-refractivity contribution in [1.29, 1.82) is 0 Å². The van der Waals surface area contributed by atoms with Gasteiger partial charge in [0.05, 0.1) is 16.7 Å². The summed E-state index contributed by atoms with van der Waals surface area (Å²) in [6.07, 6.45) is 0. The van der Waals surface area contributed by atoms with Crippen LogP contribution in [0.3, 0.4) is 0 Å². The molecule has 0 atom stereocenters. The number of rotatable bonds is 6. The molecule has 0 saturated heterocycles. The van der Waals surface area contributed by atoms with Crippen LogP contribution in [0.5, 0.6) is 0 Å². The van der Waals surface area contributed by atoms with Crippen LogP contribution in [0.2, 0.25) is 0 Å². The summed E-state index contributed by atoms with van der Waals surface area (Å²) in [5.74, 6) is 1.90. The molecule has 0 aliphatic carbocycles. The summed E-state index contributed by atoms with van der Waals surface area (Å²) < 4.78 is 2.38. The number of para-hydroxylation sites is 1. The van der Waals surface area contributed by atoms with Crippen molar-refractivity contribution in [2.45, 2.75) is 0 Å². The molecule has 0 N–H and O–H groups in total. The van der Waals surface area contributed by atoms with Crippen LogP contribution in [0.4, 0.5) is 0 Å². The van der Waals surface area contributed by atoms with Crippen molar-refractivity contribution < 1.29 is 0 Å². The van der Waals surface area contributed by atoms with Crippen LogP contribution >= 0.6 is 0 Å². The lowest BCUT2D eigenvalue weighted by Gasteiger charge is -2.12. The fourth-order valence-electron chi connectivity index (χ4n) is 7.42. The molecule has 10 aromatic rings. The second-order valence-electron chi connectivity index (χ2n) is 13.3. The summed E-state index contributed by atoms with van der Waals surface area (Å²) in [7, 11) is 0. The largest absolute Gasteiger partial charge is 0.309 e. The Bertz CT molecular complexity index is 2910. The first kappa shape index (κ1) is 30.6. The average Bonchev–Trinajstić information content (AvgIpc) is 3.57. The van der Waals surface area contributed by atoms with Crippen molar-refractivity contribution in [2.75, 3.05) is 0 Å². The van der Waals surface area contributed by atoms with Crippen LogP contribution in [-0.2, 0) is 0 Å². The van der Waals surface area contributed by atoms with E-state index in [4.69, 9.17) is 15.0 Å². The van der Waals surface area contributed by atoms with Crippen LogP contribution in [0, 0.1) is 0 Å². The Morgan fingerprint density at radius 3 is 1.38 bits per heavy atom. The molecule has 0 spiro atoms. The molecule has 0 amide bonds. The smallest absolute Gasteiger partial charge is 0.164 e. The number of nitrogens with zero attached hydrogens (tertiary/aromatic N) is 4. The van der Waals surface area contributed by atoms with Gasteiger partial charge in [-0.25, -0.2) is 15.0 Å². The molecule has 4 heteroatoms. The van der Waals surface area contributed by atoms with Crippen LogP contribution in [0.1, 0.15) is 0 Å². The zero-order valence-corrected chi connectivity index (χ0v) is 28.8. The van der Waals surface area contributed by atoms with Crippen LogP contribution in [0.25, 0.3) is 94.7 Å². The van der Waals surface area contributed by atoms with Gasteiger partial charge in [-0.2, -0.15) is 0 Å². The first-order valence-corrected chi connectivity index (χ1v) is 17.9. The van der Waals surface area contributed by atoms with Gasteiger partial charge in [0, 0.05) is 32.8 Å². The number of benzene rings is 8. The number of hydrogen-bond donors (Lipinski definition) is 0. The Morgan fingerprint density at radius 2 is 0.717 bits per heavy atom. The topological polar surface area (TPSA) is 43.6 Å². The molecule has 2 heterocycles. The highest BCUT2D eigenvalue weighted by atomic mass is 15.0. The van der Waals surface area contributed by atoms with E-state index in [1.54, 1.807) is 0 Å². The monoisotopic (exact) mass is 676 g/mol. The Morgan fingerprint density at radius 1 is 0.283 bits per heavy atom. The summed E-state index contributed by atoms with van der Waals surface area (Å²) in [5.41, 5.74) is 10.9. The Balaban J connectivity index is 1.09. The van der Waals surface area contributed by atoms with Gasteiger partial charge in [-0.15, -0.1) is 0 Å². The normalized spacial score (nSPS) is 11.4. The minimum absolute atomic E-state index is 0.631. The van der Waals surface area contributed by atoms with Crippen molar-refractivity contribution in [1.82, 2.24) is 19.5 Å². The summed E-state index contributed by atoms with van der Waals surface area (Å²) >= 11 is 0. The summed E-state index contributed by atoms with van der Waals surface area (Å²) in [6.45, 7) is 0. The molecule has 4 nitrogen and oxygen atoms in total. The van der Waals surface area contributed by atoms with E-state index in [1.807, 2.05) is 36.4 Å². The van der Waals surface area contributed by atoms with Gasteiger partial charge in [-0.05, 0) is 45.8 Å². The molecular weight excluding hydrogens is 645 g/mol. The van der Waals surface area contributed by atoms with Crippen molar-refractivity contribution in [2.24, 2.45) is 0 Å². The fourth-order valence-corrected chi connectivity index (χ4v) is 7.42. The van der Waals surface area contributed by atoms with Gasteiger partial charge in [0.15, 0.2) is 17.5 Å². The molecule has 0 unspecified atom stereocenters. The van der Waals surface area contributed by atoms with E-state index in [-0.39, 0.29) is 0 Å². The van der Waals surface area contributed by atoms with Crippen LogP contribution in [-0.4, -0.2) is 19.5 Å². The molecular formula is C49H32N4. The maximum absolute atomic E-state index is 5.13. The van der Waals surface area contributed by atoms with Crippen molar-refractivity contribution >= 4 is 32.6 Å². The average molecular weight is 677 g/mol. The van der Waals surface area contributed by atoms with E-state index in [0.717, 1.165) is 44.5 Å². The van der Waals surface area contributed by atoms with Gasteiger partial charge >= 0.3 is 0 Å². The zero-order chi connectivity index (χ0) is 35.1. The molecule has 0 aliphatic rings. The third-order valence-electron chi connectivity index (χ3n) is 10.1. The number of hydrogen-bond acceptors (Lipinski definition) is 3. The van der Waals surface area contributed by atoms with E-state index in [2.05, 4.69) is 162 Å². The van der Waals surface area contributed by atoms with E-state index in [9.17, 15) is 0 Å². The van der Waals surface area contributed by atoms with E-state index >= 15 is 0 Å². The van der Waals surface area contributed by atoms with Gasteiger partial charge in [-0.3, -0.25) is 0 Å². The third-order valence-corrected chi connectivity index (χ3v) is 10.1. The number of aromatic nitrogens is 4. The molecule has 53 heavy (non-hydrogen) atoms. The Kier molecular flexibility index (Phi) is 7.43. The third kappa shape index (κ3) is 5.54. The van der Waals surface area contributed by atoms with Gasteiger partial charge in [0.25, 0.3) is 0 Å². The predicted molar refractivity (Wildman–Crippen MR) is 219 cm³/mol. The molecule has 8 aromatic carbocycles. The van der Waals surface area contributed by atoms with Crippen LogP contribution in [0.15, 0.2) is 194 Å². The molecule has 248 valence electrons.